The topological polar surface area (TPSA) is 65.5 Å². The van der Waals surface area contributed by atoms with Crippen LogP contribution in [0.5, 0.6) is 0 Å². The Bertz CT molecular complexity index is 425. The molecule has 0 aliphatic rings. The zero-order valence-corrected chi connectivity index (χ0v) is 11.1. The fourth-order valence-corrected chi connectivity index (χ4v) is 1.53. The highest BCUT2D eigenvalue weighted by Gasteiger charge is 2.18. The van der Waals surface area contributed by atoms with E-state index in [1.807, 2.05) is 0 Å². The maximum absolute atomic E-state index is 11.6. The Morgan fingerprint density at radius 3 is 2.22 bits per heavy atom. The number of nitrogens with zero attached hydrogens (tertiary/aromatic N) is 1. The third-order valence-corrected chi connectivity index (χ3v) is 2.37. The van der Waals surface area contributed by atoms with Crippen molar-refractivity contribution in [2.45, 2.75) is 27.7 Å². The predicted octanol–water partition coefficient (Wildman–Crippen LogP) is 2.05. The summed E-state index contributed by atoms with van der Waals surface area (Å²) >= 11 is 0. The molecular formula is C13H17NO4. The molecule has 1 aromatic heterocycles. The molecule has 0 radical (unpaired) electrons. The van der Waals surface area contributed by atoms with Crippen LogP contribution >= 0.6 is 0 Å². The summed E-state index contributed by atoms with van der Waals surface area (Å²) in [5.41, 5.74) is 1.68. The summed E-state index contributed by atoms with van der Waals surface area (Å²) in [6, 6.07) is 1.60. The smallest absolute Gasteiger partial charge is 0.357 e. The van der Waals surface area contributed by atoms with Crippen molar-refractivity contribution >= 4 is 11.9 Å². The standard InChI is InChI=1S/C13H17NO4/c1-5-17-12(15)10-7-8(3)11(14-9(10)4)13(16)18-6-2/h7H,5-6H2,1-4H3. The second-order valence-electron chi connectivity index (χ2n) is 3.73. The molecule has 0 saturated carbocycles. The number of carbonyl (C=O) groups is 2. The first-order chi connectivity index (χ1) is 8.51. The van der Waals surface area contributed by atoms with Crippen LogP contribution in [0, 0.1) is 13.8 Å². The molecule has 0 N–H and O–H groups in total. The quantitative estimate of drug-likeness (QED) is 0.766. The molecule has 1 heterocycles. The number of ether oxygens (including phenoxy) is 2. The van der Waals surface area contributed by atoms with Gasteiger partial charge in [-0.3, -0.25) is 0 Å². The fraction of sp³-hybridized carbons (Fsp3) is 0.462. The predicted molar refractivity (Wildman–Crippen MR) is 65.6 cm³/mol. The van der Waals surface area contributed by atoms with E-state index >= 15 is 0 Å². The average Bonchev–Trinajstić information content (AvgIpc) is 2.32. The minimum atomic E-state index is -0.478. The van der Waals surface area contributed by atoms with Gasteiger partial charge in [-0.1, -0.05) is 0 Å². The summed E-state index contributed by atoms with van der Waals surface area (Å²) < 4.78 is 9.81. The Hall–Kier alpha value is -1.91. The second kappa shape index (κ2) is 6.14. The summed E-state index contributed by atoms with van der Waals surface area (Å²) in [5, 5.41) is 0. The number of carbonyl (C=O) groups excluding carboxylic acids is 2. The molecule has 0 atom stereocenters. The van der Waals surface area contributed by atoms with E-state index < -0.39 is 11.9 Å². The highest BCUT2D eigenvalue weighted by Crippen LogP contribution is 2.14. The molecule has 0 aliphatic heterocycles. The van der Waals surface area contributed by atoms with Crippen molar-refractivity contribution < 1.29 is 19.1 Å². The molecule has 5 nitrogen and oxygen atoms in total. The lowest BCUT2D eigenvalue weighted by Crippen LogP contribution is -2.14. The minimum Gasteiger partial charge on any atom is -0.462 e. The van der Waals surface area contributed by atoms with E-state index in [1.54, 1.807) is 33.8 Å². The van der Waals surface area contributed by atoms with Crippen LogP contribution in [0.4, 0.5) is 0 Å². The number of aromatic nitrogens is 1. The number of hydrogen-bond acceptors (Lipinski definition) is 5. The summed E-state index contributed by atoms with van der Waals surface area (Å²) in [6.45, 7) is 7.43. The summed E-state index contributed by atoms with van der Waals surface area (Å²) in [7, 11) is 0. The lowest BCUT2D eigenvalue weighted by atomic mass is 10.1. The van der Waals surface area contributed by atoms with Crippen molar-refractivity contribution in [3.63, 3.8) is 0 Å². The van der Waals surface area contributed by atoms with Crippen molar-refractivity contribution in [3.8, 4) is 0 Å². The van der Waals surface area contributed by atoms with Crippen LogP contribution in [0.1, 0.15) is 46.0 Å². The lowest BCUT2D eigenvalue weighted by Gasteiger charge is -2.09. The number of aryl methyl sites for hydroxylation is 2. The van der Waals surface area contributed by atoms with Crippen LogP contribution in [-0.2, 0) is 9.47 Å². The van der Waals surface area contributed by atoms with Crippen molar-refractivity contribution in [2.24, 2.45) is 0 Å². The molecular weight excluding hydrogens is 234 g/mol. The van der Waals surface area contributed by atoms with Gasteiger partial charge in [0.05, 0.1) is 24.5 Å². The lowest BCUT2D eigenvalue weighted by molar-refractivity contribution is 0.0503. The molecule has 0 aliphatic carbocycles. The summed E-state index contributed by atoms with van der Waals surface area (Å²) in [5.74, 6) is -0.908. The number of pyridine rings is 1. The third kappa shape index (κ3) is 3.06. The molecule has 98 valence electrons. The maximum Gasteiger partial charge on any atom is 0.357 e. The summed E-state index contributed by atoms with van der Waals surface area (Å²) in [4.78, 5) is 27.4. The third-order valence-electron chi connectivity index (χ3n) is 2.37. The number of rotatable bonds is 4. The van der Waals surface area contributed by atoms with E-state index in [1.165, 1.54) is 0 Å². The SMILES string of the molecule is CCOC(=O)c1cc(C)c(C(=O)OCC)nc1C. The van der Waals surface area contributed by atoms with Gasteiger partial charge in [0.2, 0.25) is 0 Å². The molecule has 0 fully saturated rings. The van der Waals surface area contributed by atoms with Gasteiger partial charge in [-0.05, 0) is 39.3 Å². The zero-order valence-electron chi connectivity index (χ0n) is 11.1. The van der Waals surface area contributed by atoms with E-state index in [4.69, 9.17) is 9.47 Å². The zero-order chi connectivity index (χ0) is 13.7. The van der Waals surface area contributed by atoms with Crippen LogP contribution in [0.2, 0.25) is 0 Å². The van der Waals surface area contributed by atoms with E-state index in [-0.39, 0.29) is 5.69 Å². The molecule has 0 saturated heterocycles. The van der Waals surface area contributed by atoms with Gasteiger partial charge in [0.1, 0.15) is 0 Å². The first-order valence-electron chi connectivity index (χ1n) is 5.83. The van der Waals surface area contributed by atoms with Crippen LogP contribution in [0.25, 0.3) is 0 Å². The summed E-state index contributed by atoms with van der Waals surface area (Å²) in [6.07, 6.45) is 0. The van der Waals surface area contributed by atoms with Gasteiger partial charge >= 0.3 is 11.9 Å². The molecule has 18 heavy (non-hydrogen) atoms. The highest BCUT2D eigenvalue weighted by molar-refractivity contribution is 5.94. The van der Waals surface area contributed by atoms with Crippen molar-refractivity contribution in [1.29, 1.82) is 0 Å². The van der Waals surface area contributed by atoms with E-state index in [0.717, 1.165) is 0 Å². The Morgan fingerprint density at radius 1 is 1.11 bits per heavy atom. The van der Waals surface area contributed by atoms with Crippen LogP contribution in [0.3, 0.4) is 0 Å². The van der Waals surface area contributed by atoms with Gasteiger partial charge in [-0.25, -0.2) is 14.6 Å². The molecule has 0 amide bonds. The molecule has 0 aromatic carbocycles. The van der Waals surface area contributed by atoms with E-state index in [2.05, 4.69) is 4.98 Å². The van der Waals surface area contributed by atoms with Gasteiger partial charge in [-0.2, -0.15) is 0 Å². The normalized spacial score (nSPS) is 10.0. The minimum absolute atomic E-state index is 0.238. The molecule has 1 aromatic rings. The van der Waals surface area contributed by atoms with E-state index in [9.17, 15) is 9.59 Å². The molecule has 0 bridgehead atoms. The molecule has 0 spiro atoms. The molecule has 0 unspecified atom stereocenters. The Kier molecular flexibility index (Phi) is 4.83. The van der Waals surface area contributed by atoms with Gasteiger partial charge in [0.25, 0.3) is 0 Å². The first kappa shape index (κ1) is 14.2. The van der Waals surface area contributed by atoms with Gasteiger partial charge in [0.15, 0.2) is 5.69 Å². The maximum atomic E-state index is 11.6. The van der Waals surface area contributed by atoms with Crippen LogP contribution in [0.15, 0.2) is 6.07 Å². The van der Waals surface area contributed by atoms with Gasteiger partial charge in [-0.15, -0.1) is 0 Å². The van der Waals surface area contributed by atoms with Gasteiger partial charge in [0, 0.05) is 0 Å². The molecule has 5 heteroatoms. The Balaban J connectivity index is 3.11. The monoisotopic (exact) mass is 251 g/mol. The van der Waals surface area contributed by atoms with Crippen LogP contribution < -0.4 is 0 Å². The second-order valence-corrected chi connectivity index (χ2v) is 3.73. The van der Waals surface area contributed by atoms with Crippen molar-refractivity contribution in [3.05, 3.63) is 28.6 Å². The van der Waals surface area contributed by atoms with Crippen LogP contribution in [-0.4, -0.2) is 30.1 Å². The van der Waals surface area contributed by atoms with Gasteiger partial charge < -0.3 is 9.47 Å². The number of hydrogen-bond donors (Lipinski definition) is 0. The fourth-order valence-electron chi connectivity index (χ4n) is 1.53. The first-order valence-corrected chi connectivity index (χ1v) is 5.83. The van der Waals surface area contributed by atoms with Crippen molar-refractivity contribution in [1.82, 2.24) is 4.98 Å². The highest BCUT2D eigenvalue weighted by atomic mass is 16.5. The average molecular weight is 251 g/mol. The Labute approximate surface area is 106 Å². The number of esters is 2. The Morgan fingerprint density at radius 2 is 1.67 bits per heavy atom. The van der Waals surface area contributed by atoms with E-state index in [0.29, 0.717) is 30.0 Å². The van der Waals surface area contributed by atoms with Crippen molar-refractivity contribution in [2.75, 3.05) is 13.2 Å². The molecule has 1 rings (SSSR count). The largest absolute Gasteiger partial charge is 0.462 e.